The van der Waals surface area contributed by atoms with Gasteiger partial charge in [0.05, 0.1) is 19.4 Å². The number of nitrogens with zero attached hydrogens (tertiary/aromatic N) is 3. The fourth-order valence-electron chi connectivity index (χ4n) is 1.53. The van der Waals surface area contributed by atoms with Crippen LogP contribution in [0, 0.1) is 0 Å². The average Bonchev–Trinajstić information content (AvgIpc) is 2.59. The van der Waals surface area contributed by atoms with Crippen LogP contribution in [0.15, 0.2) is 15.9 Å². The first-order valence-electron chi connectivity index (χ1n) is 4.58. The molecule has 0 aliphatic rings. The Labute approximate surface area is 84.2 Å². The Morgan fingerprint density at radius 2 is 2.27 bits per heavy atom. The zero-order valence-corrected chi connectivity index (χ0v) is 8.36. The molecule has 15 heavy (non-hydrogen) atoms. The standard InChI is InChI=1S/C8H11N5O2/c1-12-6-5(7(14)11-8(12)15)13(3-2-9)4-10-6/h4H,2-3,9H2,1H3,(H,11,14,15)/p+1. The van der Waals surface area contributed by atoms with E-state index in [1.165, 1.54) is 4.57 Å². The van der Waals surface area contributed by atoms with Crippen molar-refractivity contribution >= 4 is 11.2 Å². The molecule has 7 heteroatoms. The number of aromatic amines is 1. The molecule has 2 rings (SSSR count). The number of aromatic nitrogens is 4. The molecule has 0 saturated carbocycles. The molecule has 0 aliphatic carbocycles. The van der Waals surface area contributed by atoms with E-state index in [-0.39, 0.29) is 0 Å². The first kappa shape index (κ1) is 9.66. The number of rotatable bonds is 2. The van der Waals surface area contributed by atoms with Gasteiger partial charge in [0.2, 0.25) is 0 Å². The topological polar surface area (TPSA) is 100 Å². The molecule has 0 saturated heterocycles. The van der Waals surface area contributed by atoms with Gasteiger partial charge in [-0.25, -0.2) is 9.78 Å². The molecule has 0 bridgehead atoms. The number of H-pyrrole nitrogens is 1. The highest BCUT2D eigenvalue weighted by Gasteiger charge is 2.10. The molecule has 2 heterocycles. The summed E-state index contributed by atoms with van der Waals surface area (Å²) in [4.78, 5) is 29.1. The number of quaternary nitrogens is 1. The number of fused-ring (bicyclic) bond motifs is 1. The van der Waals surface area contributed by atoms with Gasteiger partial charge in [0.1, 0.15) is 0 Å². The molecule has 0 fully saturated rings. The predicted octanol–water partition coefficient (Wildman–Crippen LogP) is -2.33. The molecule has 0 aromatic carbocycles. The quantitative estimate of drug-likeness (QED) is 0.581. The minimum absolute atomic E-state index is 0.400. The van der Waals surface area contributed by atoms with Crippen molar-refractivity contribution in [3.63, 3.8) is 0 Å². The van der Waals surface area contributed by atoms with Crippen LogP contribution in [-0.2, 0) is 13.6 Å². The van der Waals surface area contributed by atoms with Gasteiger partial charge >= 0.3 is 5.69 Å². The summed E-state index contributed by atoms with van der Waals surface area (Å²) in [5, 5.41) is 0. The second-order valence-electron chi connectivity index (χ2n) is 3.28. The van der Waals surface area contributed by atoms with Gasteiger partial charge in [-0.15, -0.1) is 0 Å². The number of hydrogen-bond donors (Lipinski definition) is 2. The van der Waals surface area contributed by atoms with Crippen molar-refractivity contribution in [3.05, 3.63) is 27.2 Å². The van der Waals surface area contributed by atoms with Gasteiger partial charge in [0.25, 0.3) is 5.56 Å². The Bertz CT molecular complexity index is 606. The summed E-state index contributed by atoms with van der Waals surface area (Å²) in [6.07, 6.45) is 1.55. The lowest BCUT2D eigenvalue weighted by Gasteiger charge is -2.00. The molecule has 0 atom stereocenters. The maximum Gasteiger partial charge on any atom is 0.329 e. The third kappa shape index (κ3) is 1.37. The third-order valence-electron chi connectivity index (χ3n) is 2.28. The van der Waals surface area contributed by atoms with E-state index in [1.54, 1.807) is 17.9 Å². The summed E-state index contributed by atoms with van der Waals surface area (Å²) in [6, 6.07) is 0. The van der Waals surface area contributed by atoms with Gasteiger partial charge in [0, 0.05) is 7.05 Å². The molecule has 7 nitrogen and oxygen atoms in total. The maximum atomic E-state index is 11.6. The van der Waals surface area contributed by atoms with Gasteiger partial charge < -0.3 is 10.3 Å². The Morgan fingerprint density at radius 3 is 2.93 bits per heavy atom. The SMILES string of the molecule is Cn1c(=O)[nH]c(=O)c2c1ncn2CC[NH3+]. The van der Waals surface area contributed by atoms with E-state index < -0.39 is 11.2 Å². The Morgan fingerprint density at radius 1 is 1.53 bits per heavy atom. The third-order valence-corrected chi connectivity index (χ3v) is 2.28. The lowest BCUT2D eigenvalue weighted by Crippen LogP contribution is -2.52. The van der Waals surface area contributed by atoms with Crippen LogP contribution in [0.25, 0.3) is 11.2 Å². The normalized spacial score (nSPS) is 11.1. The zero-order valence-electron chi connectivity index (χ0n) is 8.36. The van der Waals surface area contributed by atoms with E-state index in [2.05, 4.69) is 15.7 Å². The van der Waals surface area contributed by atoms with Crippen molar-refractivity contribution in [1.82, 2.24) is 19.1 Å². The van der Waals surface area contributed by atoms with Gasteiger partial charge in [0.15, 0.2) is 11.2 Å². The average molecular weight is 210 g/mol. The summed E-state index contributed by atoms with van der Waals surface area (Å²) in [7, 11) is 1.57. The number of nitrogens with one attached hydrogen (secondary N) is 1. The number of imidazole rings is 1. The van der Waals surface area contributed by atoms with Gasteiger partial charge in [-0.05, 0) is 0 Å². The molecular weight excluding hydrogens is 198 g/mol. The van der Waals surface area contributed by atoms with Crippen LogP contribution in [0.3, 0.4) is 0 Å². The minimum Gasteiger partial charge on any atom is -0.356 e. The highest BCUT2D eigenvalue weighted by Crippen LogP contribution is 2.03. The van der Waals surface area contributed by atoms with Crippen molar-refractivity contribution in [3.8, 4) is 0 Å². The van der Waals surface area contributed by atoms with E-state index >= 15 is 0 Å². The highest BCUT2D eigenvalue weighted by molar-refractivity contribution is 5.69. The molecule has 0 unspecified atom stereocenters. The minimum atomic E-state index is -0.452. The summed E-state index contributed by atoms with van der Waals surface area (Å²) >= 11 is 0. The molecule has 80 valence electrons. The fourth-order valence-corrected chi connectivity index (χ4v) is 1.53. The van der Waals surface area contributed by atoms with E-state index in [0.29, 0.717) is 24.3 Å². The van der Waals surface area contributed by atoms with Crippen molar-refractivity contribution in [2.75, 3.05) is 6.54 Å². The second kappa shape index (κ2) is 3.35. The molecule has 0 spiro atoms. The molecular formula is C8H12N5O2+. The highest BCUT2D eigenvalue weighted by atomic mass is 16.2. The Hall–Kier alpha value is -1.89. The second-order valence-corrected chi connectivity index (χ2v) is 3.28. The molecule has 0 radical (unpaired) electrons. The lowest BCUT2D eigenvalue weighted by atomic mass is 10.5. The first-order chi connectivity index (χ1) is 7.15. The van der Waals surface area contributed by atoms with Crippen LogP contribution in [0.4, 0.5) is 0 Å². The van der Waals surface area contributed by atoms with E-state index in [4.69, 9.17) is 0 Å². The monoisotopic (exact) mass is 210 g/mol. The van der Waals surface area contributed by atoms with E-state index in [9.17, 15) is 9.59 Å². The fraction of sp³-hybridized carbons (Fsp3) is 0.375. The smallest absolute Gasteiger partial charge is 0.329 e. The van der Waals surface area contributed by atoms with Crippen LogP contribution >= 0.6 is 0 Å². The molecule has 0 amide bonds. The number of aryl methyl sites for hydroxylation is 1. The Balaban J connectivity index is 2.87. The zero-order chi connectivity index (χ0) is 11.0. The Kier molecular flexibility index (Phi) is 2.16. The van der Waals surface area contributed by atoms with E-state index in [1.807, 2.05) is 0 Å². The largest absolute Gasteiger partial charge is 0.356 e. The van der Waals surface area contributed by atoms with Crippen LogP contribution in [-0.4, -0.2) is 25.6 Å². The summed E-state index contributed by atoms with van der Waals surface area (Å²) in [5.74, 6) is 0. The first-order valence-corrected chi connectivity index (χ1v) is 4.58. The maximum absolute atomic E-state index is 11.6. The molecule has 2 aromatic heterocycles. The van der Waals surface area contributed by atoms with Crippen LogP contribution in [0.1, 0.15) is 0 Å². The van der Waals surface area contributed by atoms with E-state index in [0.717, 1.165) is 0 Å². The summed E-state index contributed by atoms with van der Waals surface area (Å²) in [5.41, 5.74) is 3.67. The van der Waals surface area contributed by atoms with Gasteiger partial charge in [-0.1, -0.05) is 0 Å². The lowest BCUT2D eigenvalue weighted by molar-refractivity contribution is -0.369. The van der Waals surface area contributed by atoms with Gasteiger partial charge in [-0.2, -0.15) is 0 Å². The molecule has 0 aliphatic heterocycles. The molecule has 4 N–H and O–H groups in total. The summed E-state index contributed by atoms with van der Waals surface area (Å²) < 4.78 is 3.01. The predicted molar refractivity (Wildman–Crippen MR) is 53.3 cm³/mol. The molecule has 2 aromatic rings. The number of hydrogen-bond acceptors (Lipinski definition) is 3. The van der Waals surface area contributed by atoms with Crippen molar-refractivity contribution in [2.45, 2.75) is 6.54 Å². The van der Waals surface area contributed by atoms with Crippen LogP contribution in [0.5, 0.6) is 0 Å². The van der Waals surface area contributed by atoms with Crippen molar-refractivity contribution in [2.24, 2.45) is 7.05 Å². The van der Waals surface area contributed by atoms with Gasteiger partial charge in [-0.3, -0.25) is 14.3 Å². The van der Waals surface area contributed by atoms with Crippen molar-refractivity contribution in [1.29, 1.82) is 0 Å². The van der Waals surface area contributed by atoms with Crippen molar-refractivity contribution < 1.29 is 5.73 Å². The van der Waals surface area contributed by atoms with Crippen LogP contribution < -0.4 is 17.0 Å². The summed E-state index contributed by atoms with van der Waals surface area (Å²) in [6.45, 7) is 1.27. The van der Waals surface area contributed by atoms with Crippen LogP contribution in [0.2, 0.25) is 0 Å².